The van der Waals surface area contributed by atoms with Gasteiger partial charge >= 0.3 is 0 Å². The van der Waals surface area contributed by atoms with Crippen molar-refractivity contribution in [2.45, 2.75) is 0 Å². The minimum absolute atomic E-state index is 0.0390. The van der Waals surface area contributed by atoms with Gasteiger partial charge < -0.3 is 10.7 Å². The number of rotatable bonds is 4. The molecule has 0 saturated heterocycles. The Balaban J connectivity index is 1.70. The van der Waals surface area contributed by atoms with Crippen molar-refractivity contribution in [3.8, 4) is 11.4 Å². The molecule has 4 rings (SSSR count). The monoisotopic (exact) mass is 341 g/mol. The number of amides is 1. The van der Waals surface area contributed by atoms with E-state index in [1.54, 1.807) is 48.5 Å². The first-order valence-corrected chi connectivity index (χ1v) is 8.11. The van der Waals surface area contributed by atoms with Crippen LogP contribution in [0.2, 0.25) is 0 Å². The van der Waals surface area contributed by atoms with Crippen molar-refractivity contribution in [2.75, 3.05) is 0 Å². The fourth-order valence-electron chi connectivity index (χ4n) is 2.83. The number of aromatic amines is 1. The predicted molar refractivity (Wildman–Crippen MR) is 99.9 cm³/mol. The zero-order valence-electron chi connectivity index (χ0n) is 13.8. The van der Waals surface area contributed by atoms with Crippen LogP contribution in [0.5, 0.6) is 0 Å². The molecule has 4 aromatic rings. The van der Waals surface area contributed by atoms with Crippen molar-refractivity contribution in [1.82, 2.24) is 9.97 Å². The van der Waals surface area contributed by atoms with Crippen LogP contribution in [0.25, 0.3) is 22.4 Å². The minimum Gasteiger partial charge on any atom is -0.366 e. The van der Waals surface area contributed by atoms with Crippen LogP contribution in [0, 0.1) is 0 Å². The van der Waals surface area contributed by atoms with Gasteiger partial charge in [-0.25, -0.2) is 4.98 Å². The number of carbonyl (C=O) groups excluding carboxylic acids is 2. The van der Waals surface area contributed by atoms with Gasteiger partial charge in [-0.05, 0) is 30.3 Å². The fourth-order valence-corrected chi connectivity index (χ4v) is 2.83. The molecule has 0 bridgehead atoms. The Morgan fingerprint density at radius 2 is 1.50 bits per heavy atom. The first-order valence-electron chi connectivity index (χ1n) is 8.11. The van der Waals surface area contributed by atoms with Crippen molar-refractivity contribution in [2.24, 2.45) is 5.73 Å². The summed E-state index contributed by atoms with van der Waals surface area (Å²) in [5.41, 5.74) is 9.32. The van der Waals surface area contributed by atoms with Crippen LogP contribution in [0.4, 0.5) is 0 Å². The Labute approximate surface area is 149 Å². The van der Waals surface area contributed by atoms with Gasteiger partial charge in [0, 0.05) is 22.3 Å². The highest BCUT2D eigenvalue weighted by Crippen LogP contribution is 2.22. The van der Waals surface area contributed by atoms with Gasteiger partial charge in [0.25, 0.3) is 0 Å². The standard InChI is InChI=1S/C21H15N3O2/c22-20(26)14-6-8-15(9-7-14)21-23-17-11-10-16(12-18(17)24-21)19(25)13-4-2-1-3-5-13/h1-12H,(H2,22,26)(H,23,24). The summed E-state index contributed by atoms with van der Waals surface area (Å²) in [5.74, 6) is 0.161. The molecule has 1 aromatic heterocycles. The molecule has 0 radical (unpaired) electrons. The number of H-pyrrole nitrogens is 1. The number of primary amides is 1. The lowest BCUT2D eigenvalue weighted by Gasteiger charge is -2.00. The highest BCUT2D eigenvalue weighted by molar-refractivity contribution is 6.10. The van der Waals surface area contributed by atoms with Crippen LogP contribution >= 0.6 is 0 Å². The van der Waals surface area contributed by atoms with Crippen LogP contribution in [-0.2, 0) is 0 Å². The van der Waals surface area contributed by atoms with E-state index in [4.69, 9.17) is 5.73 Å². The first kappa shape index (κ1) is 15.8. The molecule has 126 valence electrons. The lowest BCUT2D eigenvalue weighted by atomic mass is 10.0. The number of hydrogen-bond donors (Lipinski definition) is 2. The maximum Gasteiger partial charge on any atom is 0.248 e. The topological polar surface area (TPSA) is 88.8 Å². The lowest BCUT2D eigenvalue weighted by molar-refractivity contribution is 0.0998. The van der Waals surface area contributed by atoms with Crippen molar-refractivity contribution in [1.29, 1.82) is 0 Å². The molecule has 0 unspecified atom stereocenters. The molecular weight excluding hydrogens is 326 g/mol. The van der Waals surface area contributed by atoms with Gasteiger partial charge in [0.05, 0.1) is 11.0 Å². The van der Waals surface area contributed by atoms with E-state index < -0.39 is 5.91 Å². The van der Waals surface area contributed by atoms with E-state index in [0.29, 0.717) is 28.0 Å². The van der Waals surface area contributed by atoms with Gasteiger partial charge in [0.2, 0.25) is 5.91 Å². The molecular formula is C21H15N3O2. The molecule has 3 N–H and O–H groups in total. The predicted octanol–water partition coefficient (Wildman–Crippen LogP) is 3.56. The highest BCUT2D eigenvalue weighted by atomic mass is 16.1. The summed E-state index contributed by atoms with van der Waals surface area (Å²) in [7, 11) is 0. The third-order valence-electron chi connectivity index (χ3n) is 4.22. The summed E-state index contributed by atoms with van der Waals surface area (Å²) < 4.78 is 0. The normalized spacial score (nSPS) is 10.8. The second kappa shape index (κ2) is 6.29. The summed E-state index contributed by atoms with van der Waals surface area (Å²) in [6.07, 6.45) is 0. The average Bonchev–Trinajstić information content (AvgIpc) is 3.11. The van der Waals surface area contributed by atoms with E-state index in [0.717, 1.165) is 11.1 Å². The molecule has 0 atom stereocenters. The van der Waals surface area contributed by atoms with E-state index in [2.05, 4.69) is 9.97 Å². The number of imidazole rings is 1. The summed E-state index contributed by atoms with van der Waals surface area (Å²) >= 11 is 0. The van der Waals surface area contributed by atoms with Gasteiger partial charge in [-0.15, -0.1) is 0 Å². The molecule has 5 heteroatoms. The zero-order chi connectivity index (χ0) is 18.1. The van der Waals surface area contributed by atoms with Crippen molar-refractivity contribution in [3.05, 3.63) is 89.5 Å². The number of nitrogens with zero attached hydrogens (tertiary/aromatic N) is 1. The van der Waals surface area contributed by atoms with E-state index in [1.807, 2.05) is 24.3 Å². The molecule has 0 aliphatic rings. The Bertz CT molecular complexity index is 1110. The van der Waals surface area contributed by atoms with E-state index in [1.165, 1.54) is 0 Å². The number of carbonyl (C=O) groups is 2. The Kier molecular flexibility index (Phi) is 3.82. The maximum absolute atomic E-state index is 12.6. The highest BCUT2D eigenvalue weighted by Gasteiger charge is 2.12. The third kappa shape index (κ3) is 2.86. The average molecular weight is 341 g/mol. The molecule has 0 aliphatic carbocycles. The molecule has 0 aliphatic heterocycles. The zero-order valence-corrected chi connectivity index (χ0v) is 13.8. The van der Waals surface area contributed by atoms with Crippen molar-refractivity contribution < 1.29 is 9.59 Å². The van der Waals surface area contributed by atoms with Crippen molar-refractivity contribution >= 4 is 22.7 Å². The summed E-state index contributed by atoms with van der Waals surface area (Å²) in [4.78, 5) is 31.6. The Hall–Kier alpha value is -3.73. The molecule has 5 nitrogen and oxygen atoms in total. The molecule has 3 aromatic carbocycles. The molecule has 0 spiro atoms. The van der Waals surface area contributed by atoms with E-state index in [-0.39, 0.29) is 5.78 Å². The number of benzene rings is 3. The molecule has 1 heterocycles. The fraction of sp³-hybridized carbons (Fsp3) is 0. The lowest BCUT2D eigenvalue weighted by Crippen LogP contribution is -2.10. The molecule has 0 saturated carbocycles. The smallest absolute Gasteiger partial charge is 0.248 e. The van der Waals surface area contributed by atoms with Crippen LogP contribution in [0.3, 0.4) is 0 Å². The van der Waals surface area contributed by atoms with Crippen molar-refractivity contribution in [3.63, 3.8) is 0 Å². The van der Waals surface area contributed by atoms with Gasteiger partial charge in [-0.3, -0.25) is 9.59 Å². The minimum atomic E-state index is -0.467. The second-order valence-corrected chi connectivity index (χ2v) is 5.95. The van der Waals surface area contributed by atoms with Gasteiger partial charge in [-0.2, -0.15) is 0 Å². The van der Waals surface area contributed by atoms with E-state index in [9.17, 15) is 9.59 Å². The Morgan fingerprint density at radius 3 is 2.19 bits per heavy atom. The van der Waals surface area contributed by atoms with Crippen LogP contribution in [-0.4, -0.2) is 21.7 Å². The number of fused-ring (bicyclic) bond motifs is 1. The van der Waals surface area contributed by atoms with Crippen LogP contribution < -0.4 is 5.73 Å². The molecule has 26 heavy (non-hydrogen) atoms. The maximum atomic E-state index is 12.6. The number of nitrogens with two attached hydrogens (primary N) is 1. The molecule has 0 fully saturated rings. The Morgan fingerprint density at radius 1 is 0.808 bits per heavy atom. The third-order valence-corrected chi connectivity index (χ3v) is 4.22. The van der Waals surface area contributed by atoms with Crippen LogP contribution in [0.15, 0.2) is 72.8 Å². The second-order valence-electron chi connectivity index (χ2n) is 5.95. The SMILES string of the molecule is NC(=O)c1ccc(-c2nc3cc(C(=O)c4ccccc4)ccc3[nH]2)cc1. The number of ketones is 1. The summed E-state index contributed by atoms with van der Waals surface area (Å²) in [6.45, 7) is 0. The van der Waals surface area contributed by atoms with Gasteiger partial charge in [-0.1, -0.05) is 42.5 Å². The number of nitrogens with one attached hydrogen (secondary N) is 1. The first-order chi connectivity index (χ1) is 12.6. The quantitative estimate of drug-likeness (QED) is 0.556. The van der Waals surface area contributed by atoms with Gasteiger partial charge in [0.15, 0.2) is 5.78 Å². The largest absolute Gasteiger partial charge is 0.366 e. The van der Waals surface area contributed by atoms with Crippen LogP contribution in [0.1, 0.15) is 26.3 Å². The van der Waals surface area contributed by atoms with E-state index >= 15 is 0 Å². The van der Waals surface area contributed by atoms with Gasteiger partial charge in [0.1, 0.15) is 5.82 Å². The summed E-state index contributed by atoms with van der Waals surface area (Å²) in [6, 6.07) is 21.5. The molecule has 1 amide bonds. The summed E-state index contributed by atoms with van der Waals surface area (Å²) in [5, 5.41) is 0. The number of aromatic nitrogens is 2. The number of hydrogen-bond acceptors (Lipinski definition) is 3.